The van der Waals surface area contributed by atoms with E-state index in [2.05, 4.69) is 15.0 Å². The number of hydrogen-bond acceptors (Lipinski definition) is 7. The average molecular weight is 450 g/mol. The lowest BCUT2D eigenvalue weighted by molar-refractivity contribution is -0.131. The molecule has 10 heteroatoms. The van der Waals surface area contributed by atoms with Gasteiger partial charge in [-0.25, -0.2) is 8.42 Å². The molecular weight excluding hydrogens is 418 g/mol. The van der Waals surface area contributed by atoms with Gasteiger partial charge >= 0.3 is 0 Å². The van der Waals surface area contributed by atoms with Gasteiger partial charge in [0, 0.05) is 52.1 Å². The van der Waals surface area contributed by atoms with Crippen LogP contribution in [0.1, 0.15) is 37.5 Å². The Bertz CT molecular complexity index is 940. The number of carbonyl (C=O) groups excluding carboxylic acids is 1. The number of piperazine rings is 1. The Morgan fingerprint density at radius 2 is 1.84 bits per heavy atom. The zero-order chi connectivity index (χ0) is 22.3. The quantitative estimate of drug-likeness (QED) is 0.542. The van der Waals surface area contributed by atoms with Crippen molar-refractivity contribution >= 4 is 15.9 Å². The van der Waals surface area contributed by atoms with Gasteiger partial charge in [-0.2, -0.15) is 9.29 Å². The minimum Gasteiger partial charge on any atom is -0.339 e. The molecule has 1 aromatic carbocycles. The number of hydrogen-bond donors (Lipinski definition) is 0. The molecule has 1 fully saturated rings. The normalized spacial score (nSPS) is 15.8. The second kappa shape index (κ2) is 10.8. The Morgan fingerprint density at radius 1 is 1.13 bits per heavy atom. The Kier molecular flexibility index (Phi) is 8.16. The molecule has 0 saturated carbocycles. The molecule has 1 aromatic heterocycles. The largest absolute Gasteiger partial charge is 0.339 e. The summed E-state index contributed by atoms with van der Waals surface area (Å²) in [6, 6.07) is 9.92. The van der Waals surface area contributed by atoms with Crippen LogP contribution in [-0.2, 0) is 34.3 Å². The van der Waals surface area contributed by atoms with Gasteiger partial charge in [0.1, 0.15) is 0 Å². The van der Waals surface area contributed by atoms with Crippen molar-refractivity contribution in [3.05, 3.63) is 47.6 Å². The van der Waals surface area contributed by atoms with Crippen molar-refractivity contribution in [2.75, 3.05) is 38.5 Å². The summed E-state index contributed by atoms with van der Waals surface area (Å²) in [6.07, 6.45) is 0.718. The highest BCUT2D eigenvalue weighted by Crippen LogP contribution is 2.12. The van der Waals surface area contributed by atoms with Crippen molar-refractivity contribution < 1.29 is 17.7 Å². The molecule has 0 aliphatic carbocycles. The fourth-order valence-corrected chi connectivity index (χ4v) is 4.64. The molecule has 1 saturated heterocycles. The molecule has 0 radical (unpaired) electrons. The summed E-state index contributed by atoms with van der Waals surface area (Å²) >= 11 is 0. The first-order chi connectivity index (χ1) is 14.9. The summed E-state index contributed by atoms with van der Waals surface area (Å²) < 4.78 is 30.8. The molecule has 0 bridgehead atoms. The van der Waals surface area contributed by atoms with E-state index in [9.17, 15) is 13.2 Å². The molecule has 0 unspecified atom stereocenters. The summed E-state index contributed by atoms with van der Waals surface area (Å²) in [5, 5.41) is 4.02. The Balaban J connectivity index is 1.45. The van der Waals surface area contributed by atoms with Crippen LogP contribution in [0.15, 0.2) is 34.9 Å². The first-order valence-electron chi connectivity index (χ1n) is 10.7. The van der Waals surface area contributed by atoms with Crippen molar-refractivity contribution in [2.45, 2.75) is 39.8 Å². The Morgan fingerprint density at radius 3 is 2.48 bits per heavy atom. The van der Waals surface area contributed by atoms with Gasteiger partial charge in [0.25, 0.3) is 0 Å². The van der Waals surface area contributed by atoms with Gasteiger partial charge in [0.15, 0.2) is 5.82 Å². The van der Waals surface area contributed by atoms with Crippen molar-refractivity contribution in [3.63, 3.8) is 0 Å². The molecule has 0 N–H and O–H groups in total. The van der Waals surface area contributed by atoms with Crippen LogP contribution in [0.5, 0.6) is 0 Å². The molecule has 0 atom stereocenters. The second-order valence-corrected chi connectivity index (χ2v) is 9.83. The number of nitrogens with zero attached hydrogens (tertiary/aromatic N) is 5. The molecule has 2 heterocycles. The Labute approximate surface area is 184 Å². The van der Waals surface area contributed by atoms with Crippen LogP contribution in [0, 0.1) is 0 Å². The van der Waals surface area contributed by atoms with E-state index in [-0.39, 0.29) is 11.7 Å². The average Bonchev–Trinajstić information content (AvgIpc) is 3.24. The fraction of sp³-hybridized carbons (Fsp3) is 0.571. The summed E-state index contributed by atoms with van der Waals surface area (Å²) in [6.45, 7) is 7.58. The van der Waals surface area contributed by atoms with Crippen LogP contribution >= 0.6 is 0 Å². The standard InChI is InChI=1S/C21H31N5O4S/c1-3-25(16-18-8-6-5-7-9-18)21(27)11-10-20-22-19(23-30-20)17-24-12-14-26(15-13-24)31(28,29)4-2/h5-9H,3-4,10-17H2,1-2H3. The zero-order valence-electron chi connectivity index (χ0n) is 18.2. The summed E-state index contributed by atoms with van der Waals surface area (Å²) in [5.41, 5.74) is 1.10. The predicted octanol–water partition coefficient (Wildman–Crippen LogP) is 1.52. The second-order valence-electron chi connectivity index (χ2n) is 7.57. The highest BCUT2D eigenvalue weighted by molar-refractivity contribution is 7.89. The minimum atomic E-state index is -3.14. The van der Waals surface area contributed by atoms with E-state index in [1.54, 1.807) is 6.92 Å². The third-order valence-electron chi connectivity index (χ3n) is 5.47. The lowest BCUT2D eigenvalue weighted by Crippen LogP contribution is -2.48. The lowest BCUT2D eigenvalue weighted by Gasteiger charge is -2.32. The van der Waals surface area contributed by atoms with Gasteiger partial charge in [-0.05, 0) is 19.4 Å². The monoisotopic (exact) mass is 449 g/mol. The van der Waals surface area contributed by atoms with Gasteiger partial charge in [-0.1, -0.05) is 35.5 Å². The van der Waals surface area contributed by atoms with Crippen LogP contribution < -0.4 is 0 Å². The smallest absolute Gasteiger partial charge is 0.227 e. The molecule has 170 valence electrons. The number of amides is 1. The van der Waals surface area contributed by atoms with Crippen molar-refractivity contribution in [1.29, 1.82) is 0 Å². The van der Waals surface area contributed by atoms with Crippen molar-refractivity contribution in [3.8, 4) is 0 Å². The molecule has 31 heavy (non-hydrogen) atoms. The predicted molar refractivity (Wildman–Crippen MR) is 116 cm³/mol. The lowest BCUT2D eigenvalue weighted by atomic mass is 10.2. The maximum absolute atomic E-state index is 12.6. The maximum Gasteiger partial charge on any atom is 0.227 e. The van der Waals surface area contributed by atoms with Crippen LogP contribution in [0.25, 0.3) is 0 Å². The topological polar surface area (TPSA) is 99.9 Å². The third kappa shape index (κ3) is 6.59. The number of aryl methyl sites for hydroxylation is 1. The number of aromatic nitrogens is 2. The van der Waals surface area contributed by atoms with E-state index < -0.39 is 10.0 Å². The summed E-state index contributed by atoms with van der Waals surface area (Å²) in [4.78, 5) is 20.9. The highest BCUT2D eigenvalue weighted by atomic mass is 32.2. The molecule has 3 rings (SSSR count). The number of sulfonamides is 1. The number of carbonyl (C=O) groups is 1. The summed E-state index contributed by atoms with van der Waals surface area (Å²) in [5.74, 6) is 1.19. The number of benzene rings is 1. The molecule has 1 amide bonds. The third-order valence-corrected chi connectivity index (χ3v) is 7.35. The molecule has 0 spiro atoms. The van der Waals surface area contributed by atoms with Gasteiger partial charge in [-0.15, -0.1) is 0 Å². The van der Waals surface area contributed by atoms with Gasteiger partial charge in [-0.3, -0.25) is 9.69 Å². The van der Waals surface area contributed by atoms with Crippen molar-refractivity contribution in [1.82, 2.24) is 24.2 Å². The van der Waals surface area contributed by atoms with Gasteiger partial charge in [0.2, 0.25) is 21.8 Å². The van der Waals surface area contributed by atoms with Gasteiger partial charge in [0.05, 0.1) is 12.3 Å². The zero-order valence-corrected chi connectivity index (χ0v) is 19.1. The molecule has 1 aliphatic heterocycles. The van der Waals surface area contributed by atoms with Crippen LogP contribution in [0.4, 0.5) is 0 Å². The van der Waals surface area contributed by atoms with Crippen LogP contribution in [-0.4, -0.2) is 77.0 Å². The van der Waals surface area contributed by atoms with E-state index in [0.29, 0.717) is 70.4 Å². The maximum atomic E-state index is 12.6. The summed E-state index contributed by atoms with van der Waals surface area (Å²) in [7, 11) is -3.14. The van der Waals surface area contributed by atoms with E-state index in [4.69, 9.17) is 4.52 Å². The van der Waals surface area contributed by atoms with E-state index in [0.717, 1.165) is 5.56 Å². The molecule has 2 aromatic rings. The SMILES string of the molecule is CCN(Cc1ccccc1)C(=O)CCc1nc(CN2CCN(S(=O)(=O)CC)CC2)no1. The first-order valence-corrected chi connectivity index (χ1v) is 12.4. The molecule has 1 aliphatic rings. The number of rotatable bonds is 10. The van der Waals surface area contributed by atoms with Crippen LogP contribution in [0.2, 0.25) is 0 Å². The van der Waals surface area contributed by atoms with Crippen molar-refractivity contribution in [2.24, 2.45) is 0 Å². The highest BCUT2D eigenvalue weighted by Gasteiger charge is 2.26. The van der Waals surface area contributed by atoms with E-state index >= 15 is 0 Å². The Hall–Kier alpha value is -2.30. The van der Waals surface area contributed by atoms with Gasteiger partial charge < -0.3 is 9.42 Å². The van der Waals surface area contributed by atoms with E-state index in [1.807, 2.05) is 42.2 Å². The van der Waals surface area contributed by atoms with Crippen LogP contribution in [0.3, 0.4) is 0 Å². The molecule has 9 nitrogen and oxygen atoms in total. The van der Waals surface area contributed by atoms with E-state index in [1.165, 1.54) is 4.31 Å². The fourth-order valence-electron chi connectivity index (χ4n) is 3.56. The molecular formula is C21H31N5O4S. The first kappa shape index (κ1) is 23.4. The minimum absolute atomic E-state index is 0.0550.